The third kappa shape index (κ3) is 3.85. The number of nitrogens with zero attached hydrogens (tertiary/aromatic N) is 2. The zero-order chi connectivity index (χ0) is 15.4. The molecule has 6 heteroatoms. The van der Waals surface area contributed by atoms with Gasteiger partial charge in [0.1, 0.15) is 12.3 Å². The largest absolute Gasteiger partial charge is 0.480 e. The van der Waals surface area contributed by atoms with E-state index in [9.17, 15) is 9.59 Å². The topological polar surface area (TPSA) is 71.8 Å². The van der Waals surface area contributed by atoms with Crippen molar-refractivity contribution in [2.45, 2.75) is 38.8 Å². The second kappa shape index (κ2) is 6.76. The minimum Gasteiger partial charge on any atom is -0.480 e. The van der Waals surface area contributed by atoms with Gasteiger partial charge in [-0.15, -0.1) is 0 Å². The fourth-order valence-corrected chi connectivity index (χ4v) is 2.60. The average Bonchev–Trinajstić information content (AvgIpc) is 2.94. The molecule has 1 aliphatic rings. The van der Waals surface area contributed by atoms with E-state index in [4.69, 9.17) is 9.84 Å². The first-order valence-electron chi connectivity index (χ1n) is 7.28. The standard InChI is InChI=1S/C15H22N2O4/c1-11(2)17-7-3-4-13(17)15(20)16-8-5-12(6-9-16)21-10-14(18)19/h3-4,7,11-12H,5-6,8-10H2,1-2H3,(H,18,19). The summed E-state index contributed by atoms with van der Waals surface area (Å²) < 4.78 is 7.25. The maximum absolute atomic E-state index is 12.5. The van der Waals surface area contributed by atoms with E-state index in [-0.39, 0.29) is 24.7 Å². The Morgan fingerprint density at radius 2 is 2.05 bits per heavy atom. The number of ether oxygens (including phenoxy) is 1. The highest BCUT2D eigenvalue weighted by Crippen LogP contribution is 2.18. The number of amides is 1. The molecule has 0 spiro atoms. The lowest BCUT2D eigenvalue weighted by Crippen LogP contribution is -2.42. The van der Waals surface area contributed by atoms with Crippen LogP contribution in [-0.2, 0) is 9.53 Å². The van der Waals surface area contributed by atoms with Gasteiger partial charge in [0.2, 0.25) is 0 Å². The molecule has 1 aromatic heterocycles. The second-order valence-corrected chi connectivity index (χ2v) is 5.59. The molecule has 1 fully saturated rings. The molecule has 6 nitrogen and oxygen atoms in total. The molecule has 0 aromatic carbocycles. The van der Waals surface area contributed by atoms with E-state index in [1.54, 1.807) is 0 Å². The van der Waals surface area contributed by atoms with Crippen molar-refractivity contribution < 1.29 is 19.4 Å². The molecule has 1 saturated heterocycles. The van der Waals surface area contributed by atoms with Gasteiger partial charge in [-0.1, -0.05) is 0 Å². The molecule has 0 unspecified atom stereocenters. The number of likely N-dealkylation sites (tertiary alicyclic amines) is 1. The van der Waals surface area contributed by atoms with Crippen LogP contribution < -0.4 is 0 Å². The fraction of sp³-hybridized carbons (Fsp3) is 0.600. The predicted molar refractivity (Wildman–Crippen MR) is 77.3 cm³/mol. The van der Waals surface area contributed by atoms with Gasteiger partial charge >= 0.3 is 5.97 Å². The van der Waals surface area contributed by atoms with Crippen LogP contribution in [0.25, 0.3) is 0 Å². The van der Waals surface area contributed by atoms with Crippen LogP contribution in [0.1, 0.15) is 43.2 Å². The molecule has 116 valence electrons. The lowest BCUT2D eigenvalue weighted by molar-refractivity contribution is -0.145. The number of hydrogen-bond acceptors (Lipinski definition) is 3. The lowest BCUT2D eigenvalue weighted by atomic mass is 10.1. The Labute approximate surface area is 124 Å². The van der Waals surface area contributed by atoms with Gasteiger partial charge < -0.3 is 19.3 Å². The van der Waals surface area contributed by atoms with Crippen LogP contribution in [0.5, 0.6) is 0 Å². The Bertz CT molecular complexity index is 502. The Kier molecular flexibility index (Phi) is 5.01. The van der Waals surface area contributed by atoms with Gasteiger partial charge in [-0.3, -0.25) is 4.79 Å². The van der Waals surface area contributed by atoms with Gasteiger partial charge in [-0.05, 0) is 38.8 Å². The lowest BCUT2D eigenvalue weighted by Gasteiger charge is -2.32. The van der Waals surface area contributed by atoms with E-state index in [1.807, 2.05) is 41.6 Å². The Morgan fingerprint density at radius 3 is 2.62 bits per heavy atom. The normalized spacial score (nSPS) is 16.4. The minimum atomic E-state index is -0.955. The van der Waals surface area contributed by atoms with Crippen LogP contribution in [-0.4, -0.2) is 52.3 Å². The van der Waals surface area contributed by atoms with Gasteiger partial charge in [0.25, 0.3) is 5.91 Å². The van der Waals surface area contributed by atoms with Crippen molar-refractivity contribution in [1.29, 1.82) is 0 Å². The first kappa shape index (κ1) is 15.6. The maximum atomic E-state index is 12.5. The Balaban J connectivity index is 1.91. The van der Waals surface area contributed by atoms with Crippen LogP contribution in [0.2, 0.25) is 0 Å². The molecule has 0 bridgehead atoms. The highest BCUT2D eigenvalue weighted by Gasteiger charge is 2.26. The van der Waals surface area contributed by atoms with Crippen molar-refractivity contribution in [1.82, 2.24) is 9.47 Å². The monoisotopic (exact) mass is 294 g/mol. The Hall–Kier alpha value is -1.82. The highest BCUT2D eigenvalue weighted by atomic mass is 16.5. The molecule has 2 heterocycles. The number of carbonyl (C=O) groups excluding carboxylic acids is 1. The SMILES string of the molecule is CC(C)n1cccc1C(=O)N1CCC(OCC(=O)O)CC1. The zero-order valence-corrected chi connectivity index (χ0v) is 12.5. The highest BCUT2D eigenvalue weighted by molar-refractivity contribution is 5.92. The number of piperidine rings is 1. The summed E-state index contributed by atoms with van der Waals surface area (Å²) in [4.78, 5) is 24.8. The summed E-state index contributed by atoms with van der Waals surface area (Å²) in [6.45, 7) is 5.03. The second-order valence-electron chi connectivity index (χ2n) is 5.59. The van der Waals surface area contributed by atoms with Crippen molar-refractivity contribution in [3.63, 3.8) is 0 Å². The maximum Gasteiger partial charge on any atom is 0.329 e. The molecule has 2 rings (SSSR count). The number of carbonyl (C=O) groups is 2. The summed E-state index contributed by atoms with van der Waals surface area (Å²) in [6.07, 6.45) is 3.21. The first-order chi connectivity index (χ1) is 9.99. The smallest absolute Gasteiger partial charge is 0.329 e. The Morgan fingerprint density at radius 1 is 1.38 bits per heavy atom. The fourth-order valence-electron chi connectivity index (χ4n) is 2.60. The van der Waals surface area contributed by atoms with E-state index in [0.29, 0.717) is 31.6 Å². The van der Waals surface area contributed by atoms with E-state index < -0.39 is 5.97 Å². The summed E-state index contributed by atoms with van der Waals surface area (Å²) in [5, 5.41) is 8.60. The number of rotatable bonds is 5. The zero-order valence-electron chi connectivity index (χ0n) is 12.5. The predicted octanol–water partition coefficient (Wildman–Crippen LogP) is 1.77. The van der Waals surface area contributed by atoms with Crippen LogP contribution in [0.4, 0.5) is 0 Å². The van der Waals surface area contributed by atoms with Gasteiger partial charge in [-0.2, -0.15) is 0 Å². The van der Waals surface area contributed by atoms with Crippen LogP contribution in [0.3, 0.4) is 0 Å². The molecular formula is C15H22N2O4. The van der Waals surface area contributed by atoms with E-state index in [0.717, 1.165) is 0 Å². The molecule has 1 aliphatic heterocycles. The van der Waals surface area contributed by atoms with E-state index in [1.165, 1.54) is 0 Å². The first-order valence-corrected chi connectivity index (χ1v) is 7.28. The van der Waals surface area contributed by atoms with Gasteiger partial charge in [0.15, 0.2) is 0 Å². The summed E-state index contributed by atoms with van der Waals surface area (Å²) in [5.41, 5.74) is 0.704. The van der Waals surface area contributed by atoms with Crippen molar-refractivity contribution in [2.75, 3.05) is 19.7 Å². The van der Waals surface area contributed by atoms with E-state index in [2.05, 4.69) is 0 Å². The third-order valence-electron chi connectivity index (χ3n) is 3.73. The molecule has 0 atom stereocenters. The van der Waals surface area contributed by atoms with Crippen molar-refractivity contribution in [2.24, 2.45) is 0 Å². The summed E-state index contributed by atoms with van der Waals surface area (Å²) >= 11 is 0. The summed E-state index contributed by atoms with van der Waals surface area (Å²) in [7, 11) is 0. The van der Waals surface area contributed by atoms with Gasteiger partial charge in [0.05, 0.1) is 6.10 Å². The molecule has 0 saturated carbocycles. The van der Waals surface area contributed by atoms with Gasteiger partial charge in [-0.25, -0.2) is 4.79 Å². The third-order valence-corrected chi connectivity index (χ3v) is 3.73. The quantitative estimate of drug-likeness (QED) is 0.898. The molecule has 0 radical (unpaired) electrons. The number of aromatic nitrogens is 1. The molecule has 0 aliphatic carbocycles. The van der Waals surface area contributed by atoms with Crippen LogP contribution in [0, 0.1) is 0 Å². The van der Waals surface area contributed by atoms with Gasteiger partial charge in [0, 0.05) is 25.3 Å². The molecule has 1 N–H and O–H groups in total. The number of aliphatic carboxylic acids is 1. The molecule has 1 aromatic rings. The summed E-state index contributed by atoms with van der Waals surface area (Å²) in [5.74, 6) is -0.923. The molecule has 21 heavy (non-hydrogen) atoms. The minimum absolute atomic E-state index is 0.0328. The number of carboxylic acid groups (broad SMARTS) is 1. The molecule has 1 amide bonds. The van der Waals surface area contributed by atoms with Crippen LogP contribution in [0.15, 0.2) is 18.3 Å². The van der Waals surface area contributed by atoms with E-state index >= 15 is 0 Å². The molecular weight excluding hydrogens is 272 g/mol. The van der Waals surface area contributed by atoms with Crippen LogP contribution >= 0.6 is 0 Å². The van der Waals surface area contributed by atoms with Crippen molar-refractivity contribution >= 4 is 11.9 Å². The van der Waals surface area contributed by atoms with Crippen molar-refractivity contribution in [3.05, 3.63) is 24.0 Å². The van der Waals surface area contributed by atoms with Crippen molar-refractivity contribution in [3.8, 4) is 0 Å². The summed E-state index contributed by atoms with van der Waals surface area (Å²) in [6, 6.07) is 3.97. The number of hydrogen-bond donors (Lipinski definition) is 1. The average molecular weight is 294 g/mol. The number of carboxylic acids is 1.